The van der Waals surface area contributed by atoms with E-state index in [2.05, 4.69) is 6.92 Å². The average molecular weight is 120 g/mol. The SMILES string of the molecule is CCC1=CC=C[CH+]C1=N. The first kappa shape index (κ1) is 6.14. The molecule has 0 aromatic heterocycles. The summed E-state index contributed by atoms with van der Waals surface area (Å²) in [5.74, 6) is 0. The van der Waals surface area contributed by atoms with Crippen LogP contribution in [-0.2, 0) is 0 Å². The summed E-state index contributed by atoms with van der Waals surface area (Å²) in [4.78, 5) is 0. The van der Waals surface area contributed by atoms with Crippen LogP contribution in [0.4, 0.5) is 0 Å². The van der Waals surface area contributed by atoms with E-state index < -0.39 is 0 Å². The molecule has 1 heteroatoms. The standard InChI is InChI=1S/C8H10N/c1-2-7-5-3-4-6-8(7)9/h3-6,9H,2H2,1H3/q+1. The van der Waals surface area contributed by atoms with Crippen LogP contribution in [0.2, 0.25) is 0 Å². The molecule has 1 aliphatic carbocycles. The van der Waals surface area contributed by atoms with Crippen LogP contribution >= 0.6 is 0 Å². The van der Waals surface area contributed by atoms with Crippen molar-refractivity contribution < 1.29 is 0 Å². The number of hydrogen-bond donors (Lipinski definition) is 1. The fraction of sp³-hybridized carbons (Fsp3) is 0.250. The van der Waals surface area contributed by atoms with Crippen LogP contribution in [0.15, 0.2) is 23.8 Å². The minimum absolute atomic E-state index is 0.653. The molecule has 46 valence electrons. The number of nitrogens with one attached hydrogen (secondary N) is 1. The summed E-state index contributed by atoms with van der Waals surface area (Å²) in [7, 11) is 0. The Kier molecular flexibility index (Phi) is 1.73. The lowest BCUT2D eigenvalue weighted by molar-refractivity contribution is 1.16. The van der Waals surface area contributed by atoms with Gasteiger partial charge in [-0.15, -0.1) is 0 Å². The van der Waals surface area contributed by atoms with Crippen molar-refractivity contribution in [3.8, 4) is 0 Å². The molecule has 0 aromatic carbocycles. The highest BCUT2D eigenvalue weighted by Gasteiger charge is 2.11. The smallest absolute Gasteiger partial charge is 0.168 e. The second kappa shape index (κ2) is 2.53. The third-order valence-electron chi connectivity index (χ3n) is 1.40. The maximum absolute atomic E-state index is 7.37. The zero-order valence-electron chi connectivity index (χ0n) is 5.52. The van der Waals surface area contributed by atoms with E-state index in [9.17, 15) is 0 Å². The summed E-state index contributed by atoms with van der Waals surface area (Å²) in [6, 6.07) is 0. The van der Waals surface area contributed by atoms with Gasteiger partial charge >= 0.3 is 0 Å². The summed E-state index contributed by atoms with van der Waals surface area (Å²) < 4.78 is 0. The van der Waals surface area contributed by atoms with Gasteiger partial charge in [0, 0.05) is 12.5 Å². The number of rotatable bonds is 1. The molecule has 0 spiro atoms. The van der Waals surface area contributed by atoms with E-state index >= 15 is 0 Å². The molecule has 0 amide bonds. The lowest BCUT2D eigenvalue weighted by Gasteiger charge is -1.96. The molecule has 0 unspecified atom stereocenters. The molecule has 0 heterocycles. The molecule has 1 aliphatic rings. The Morgan fingerprint density at radius 2 is 2.44 bits per heavy atom. The van der Waals surface area contributed by atoms with Crippen LogP contribution in [0.3, 0.4) is 0 Å². The maximum atomic E-state index is 7.37. The molecule has 0 saturated carbocycles. The number of hydrogen-bond acceptors (Lipinski definition) is 1. The molecule has 0 bridgehead atoms. The van der Waals surface area contributed by atoms with Gasteiger partial charge in [-0.2, -0.15) is 0 Å². The molecular formula is C8H10N+. The first-order valence-electron chi connectivity index (χ1n) is 3.14. The molecule has 0 atom stereocenters. The van der Waals surface area contributed by atoms with Crippen molar-refractivity contribution in [2.75, 3.05) is 0 Å². The molecular weight excluding hydrogens is 110 g/mol. The first-order chi connectivity index (χ1) is 4.34. The van der Waals surface area contributed by atoms with Crippen molar-refractivity contribution in [2.24, 2.45) is 0 Å². The Hall–Kier alpha value is -0.980. The van der Waals surface area contributed by atoms with Crippen molar-refractivity contribution in [1.82, 2.24) is 0 Å². The second-order valence-electron chi connectivity index (χ2n) is 2.01. The van der Waals surface area contributed by atoms with Gasteiger partial charge in [-0.25, -0.2) is 0 Å². The molecule has 0 fully saturated rings. The Morgan fingerprint density at radius 1 is 1.67 bits per heavy atom. The Morgan fingerprint density at radius 3 is 2.89 bits per heavy atom. The van der Waals surface area contributed by atoms with Crippen LogP contribution in [0.25, 0.3) is 0 Å². The average Bonchev–Trinajstić information content (AvgIpc) is 1.89. The lowest BCUT2D eigenvalue weighted by atomic mass is 10.0. The molecule has 1 rings (SSSR count). The van der Waals surface area contributed by atoms with Gasteiger partial charge in [0.15, 0.2) is 5.71 Å². The zero-order chi connectivity index (χ0) is 6.69. The third kappa shape index (κ3) is 1.22. The van der Waals surface area contributed by atoms with Gasteiger partial charge in [-0.3, -0.25) is 5.41 Å². The predicted molar refractivity (Wildman–Crippen MR) is 39.5 cm³/mol. The molecule has 0 aromatic rings. The van der Waals surface area contributed by atoms with Gasteiger partial charge in [0.2, 0.25) is 0 Å². The largest absolute Gasteiger partial charge is 0.275 e. The molecule has 0 radical (unpaired) electrons. The minimum Gasteiger partial charge on any atom is -0.275 e. The fourth-order valence-electron chi connectivity index (χ4n) is 0.829. The normalized spacial score (nSPS) is 17.0. The number of allylic oxidation sites excluding steroid dienone is 4. The molecule has 0 aliphatic heterocycles. The quantitative estimate of drug-likeness (QED) is 0.512. The molecule has 9 heavy (non-hydrogen) atoms. The van der Waals surface area contributed by atoms with Gasteiger partial charge in [-0.05, 0) is 6.92 Å². The fourth-order valence-corrected chi connectivity index (χ4v) is 0.829. The van der Waals surface area contributed by atoms with E-state index in [1.165, 1.54) is 0 Å². The summed E-state index contributed by atoms with van der Waals surface area (Å²) in [5, 5.41) is 7.37. The zero-order valence-corrected chi connectivity index (χ0v) is 5.52. The van der Waals surface area contributed by atoms with E-state index in [0.717, 1.165) is 12.0 Å². The second-order valence-corrected chi connectivity index (χ2v) is 2.01. The van der Waals surface area contributed by atoms with Crippen LogP contribution < -0.4 is 0 Å². The van der Waals surface area contributed by atoms with Crippen LogP contribution in [0, 0.1) is 11.8 Å². The Bertz CT molecular complexity index is 175. The van der Waals surface area contributed by atoms with Crippen LogP contribution in [-0.4, -0.2) is 5.71 Å². The van der Waals surface area contributed by atoms with E-state index in [0.29, 0.717) is 5.71 Å². The molecule has 1 N–H and O–H groups in total. The van der Waals surface area contributed by atoms with Gasteiger partial charge in [0.25, 0.3) is 0 Å². The monoisotopic (exact) mass is 120 g/mol. The Labute approximate surface area is 55.6 Å². The third-order valence-corrected chi connectivity index (χ3v) is 1.40. The Balaban J connectivity index is 2.74. The van der Waals surface area contributed by atoms with Crippen LogP contribution in [0.5, 0.6) is 0 Å². The van der Waals surface area contributed by atoms with E-state index in [1.54, 1.807) is 0 Å². The van der Waals surface area contributed by atoms with Gasteiger partial charge in [0.1, 0.15) is 0 Å². The van der Waals surface area contributed by atoms with Gasteiger partial charge in [0.05, 0.1) is 24.1 Å². The maximum Gasteiger partial charge on any atom is 0.168 e. The van der Waals surface area contributed by atoms with Gasteiger partial charge < -0.3 is 0 Å². The van der Waals surface area contributed by atoms with E-state index in [1.807, 2.05) is 24.6 Å². The van der Waals surface area contributed by atoms with E-state index in [4.69, 9.17) is 5.41 Å². The molecule has 0 saturated heterocycles. The highest BCUT2D eigenvalue weighted by atomic mass is 14.4. The highest BCUT2D eigenvalue weighted by Crippen LogP contribution is 2.09. The predicted octanol–water partition coefficient (Wildman–Crippen LogP) is 2.12. The van der Waals surface area contributed by atoms with Crippen molar-refractivity contribution in [1.29, 1.82) is 5.41 Å². The van der Waals surface area contributed by atoms with E-state index in [-0.39, 0.29) is 0 Å². The van der Waals surface area contributed by atoms with Gasteiger partial charge in [-0.1, -0.05) is 0 Å². The lowest BCUT2D eigenvalue weighted by Crippen LogP contribution is -2.01. The van der Waals surface area contributed by atoms with Crippen molar-refractivity contribution in [3.63, 3.8) is 0 Å². The topological polar surface area (TPSA) is 23.9 Å². The summed E-state index contributed by atoms with van der Waals surface area (Å²) in [6.45, 7) is 2.06. The summed E-state index contributed by atoms with van der Waals surface area (Å²) >= 11 is 0. The first-order valence-corrected chi connectivity index (χ1v) is 3.14. The highest BCUT2D eigenvalue weighted by molar-refractivity contribution is 6.06. The summed E-state index contributed by atoms with van der Waals surface area (Å²) in [6.07, 6.45) is 8.62. The minimum atomic E-state index is 0.653. The van der Waals surface area contributed by atoms with Crippen molar-refractivity contribution in [2.45, 2.75) is 13.3 Å². The van der Waals surface area contributed by atoms with Crippen LogP contribution in [0.1, 0.15) is 13.3 Å². The van der Waals surface area contributed by atoms with Crippen molar-refractivity contribution in [3.05, 3.63) is 30.2 Å². The van der Waals surface area contributed by atoms with Crippen molar-refractivity contribution >= 4 is 5.71 Å². The molecule has 1 nitrogen and oxygen atoms in total. The summed E-state index contributed by atoms with van der Waals surface area (Å²) in [5.41, 5.74) is 1.78.